The number of aromatic hydroxyl groups is 1. The fourth-order valence-electron chi connectivity index (χ4n) is 3.76. The minimum Gasteiger partial charge on any atom is -0.497 e. The third kappa shape index (κ3) is 3.90. The SMILES string of the molecule is COc1ccc(-c2cn3c(O)c(Cc4ccncc4)nc3c(Cc3ccccc3)n2)cc1. The van der Waals surface area contributed by atoms with Crippen LogP contribution in [0.4, 0.5) is 0 Å². The van der Waals surface area contributed by atoms with Crippen molar-refractivity contribution < 1.29 is 9.84 Å². The van der Waals surface area contributed by atoms with Gasteiger partial charge >= 0.3 is 0 Å². The summed E-state index contributed by atoms with van der Waals surface area (Å²) in [5.41, 5.74) is 5.94. The number of aromatic nitrogens is 4. The Morgan fingerprint density at radius 1 is 0.812 bits per heavy atom. The first-order valence-corrected chi connectivity index (χ1v) is 10.4. The lowest BCUT2D eigenvalue weighted by molar-refractivity contribution is 0.415. The molecule has 5 rings (SSSR count). The highest BCUT2D eigenvalue weighted by molar-refractivity contribution is 5.64. The molecule has 0 unspecified atom stereocenters. The summed E-state index contributed by atoms with van der Waals surface area (Å²) in [7, 11) is 1.64. The summed E-state index contributed by atoms with van der Waals surface area (Å²) in [4.78, 5) is 13.8. The molecule has 0 bridgehead atoms. The van der Waals surface area contributed by atoms with E-state index in [0.29, 0.717) is 24.2 Å². The van der Waals surface area contributed by atoms with Crippen molar-refractivity contribution >= 4 is 5.65 Å². The number of imidazole rings is 1. The molecular formula is C26H22N4O2. The van der Waals surface area contributed by atoms with Crippen LogP contribution in [0.1, 0.15) is 22.5 Å². The molecule has 32 heavy (non-hydrogen) atoms. The summed E-state index contributed by atoms with van der Waals surface area (Å²) < 4.78 is 7.01. The molecule has 6 heteroatoms. The third-order valence-electron chi connectivity index (χ3n) is 5.44. The van der Waals surface area contributed by atoms with Gasteiger partial charge in [0.1, 0.15) is 11.4 Å². The molecule has 0 amide bonds. The molecule has 0 saturated heterocycles. The fraction of sp³-hybridized carbons (Fsp3) is 0.115. The Morgan fingerprint density at radius 3 is 2.22 bits per heavy atom. The normalized spacial score (nSPS) is 11.0. The van der Waals surface area contributed by atoms with Gasteiger partial charge in [-0.1, -0.05) is 30.3 Å². The summed E-state index contributed by atoms with van der Waals surface area (Å²) in [6.07, 6.45) is 6.45. The highest BCUT2D eigenvalue weighted by Gasteiger charge is 2.18. The first-order chi connectivity index (χ1) is 15.7. The number of ether oxygens (including phenoxy) is 1. The molecule has 6 nitrogen and oxygen atoms in total. The van der Waals surface area contributed by atoms with Gasteiger partial charge in [0.25, 0.3) is 0 Å². The summed E-state index contributed by atoms with van der Waals surface area (Å²) in [6, 6.07) is 21.7. The number of pyridine rings is 1. The molecule has 0 aliphatic heterocycles. The highest BCUT2D eigenvalue weighted by Crippen LogP contribution is 2.28. The maximum Gasteiger partial charge on any atom is 0.219 e. The van der Waals surface area contributed by atoms with Crippen molar-refractivity contribution in [2.45, 2.75) is 12.8 Å². The van der Waals surface area contributed by atoms with E-state index in [4.69, 9.17) is 14.7 Å². The third-order valence-corrected chi connectivity index (χ3v) is 5.44. The van der Waals surface area contributed by atoms with Crippen molar-refractivity contribution in [3.8, 4) is 22.9 Å². The lowest BCUT2D eigenvalue weighted by Gasteiger charge is -2.09. The van der Waals surface area contributed by atoms with Crippen LogP contribution in [0.3, 0.4) is 0 Å². The Bertz CT molecular complexity index is 1350. The molecule has 158 valence electrons. The topological polar surface area (TPSA) is 72.5 Å². The predicted octanol–water partition coefficient (Wildman–Crippen LogP) is 4.69. The Morgan fingerprint density at radius 2 is 1.50 bits per heavy atom. The Hall–Kier alpha value is -4.19. The lowest BCUT2D eigenvalue weighted by atomic mass is 10.1. The van der Waals surface area contributed by atoms with Crippen molar-refractivity contribution in [1.82, 2.24) is 19.4 Å². The van der Waals surface area contributed by atoms with E-state index < -0.39 is 0 Å². The Kier molecular flexibility index (Phi) is 5.25. The lowest BCUT2D eigenvalue weighted by Crippen LogP contribution is -2.01. The first-order valence-electron chi connectivity index (χ1n) is 10.4. The van der Waals surface area contributed by atoms with Gasteiger partial charge in [-0.3, -0.25) is 9.38 Å². The zero-order chi connectivity index (χ0) is 21.9. The van der Waals surface area contributed by atoms with Gasteiger partial charge in [0, 0.05) is 37.0 Å². The van der Waals surface area contributed by atoms with Gasteiger partial charge in [-0.2, -0.15) is 0 Å². The van der Waals surface area contributed by atoms with Crippen LogP contribution in [0.25, 0.3) is 16.9 Å². The van der Waals surface area contributed by atoms with E-state index in [0.717, 1.165) is 33.8 Å². The van der Waals surface area contributed by atoms with Gasteiger partial charge in [0.15, 0.2) is 5.65 Å². The molecule has 3 heterocycles. The Labute approximate surface area is 185 Å². The van der Waals surface area contributed by atoms with Crippen molar-refractivity contribution in [3.05, 3.63) is 108 Å². The summed E-state index contributed by atoms with van der Waals surface area (Å²) in [5, 5.41) is 11.0. The van der Waals surface area contributed by atoms with Crippen molar-refractivity contribution in [3.63, 3.8) is 0 Å². The van der Waals surface area contributed by atoms with Crippen LogP contribution in [-0.2, 0) is 12.8 Å². The maximum absolute atomic E-state index is 11.0. The molecule has 0 aliphatic carbocycles. The average Bonchev–Trinajstić information content (AvgIpc) is 3.16. The molecule has 0 fully saturated rings. The molecule has 5 aromatic rings. The van der Waals surface area contributed by atoms with E-state index in [-0.39, 0.29) is 5.88 Å². The van der Waals surface area contributed by atoms with Crippen LogP contribution < -0.4 is 4.74 Å². The fourth-order valence-corrected chi connectivity index (χ4v) is 3.76. The molecular weight excluding hydrogens is 400 g/mol. The smallest absolute Gasteiger partial charge is 0.219 e. The molecule has 2 aromatic carbocycles. The molecule has 0 spiro atoms. The van der Waals surface area contributed by atoms with E-state index in [2.05, 4.69) is 17.1 Å². The van der Waals surface area contributed by atoms with E-state index in [1.165, 1.54) is 0 Å². The zero-order valence-electron chi connectivity index (χ0n) is 17.6. The number of fused-ring (bicyclic) bond motifs is 1. The van der Waals surface area contributed by atoms with E-state index >= 15 is 0 Å². The van der Waals surface area contributed by atoms with Crippen LogP contribution in [0.2, 0.25) is 0 Å². The second-order valence-corrected chi connectivity index (χ2v) is 7.57. The minimum atomic E-state index is 0.128. The first kappa shape index (κ1) is 19.8. The quantitative estimate of drug-likeness (QED) is 0.430. The van der Waals surface area contributed by atoms with Crippen LogP contribution in [0.5, 0.6) is 11.6 Å². The molecule has 0 atom stereocenters. The van der Waals surface area contributed by atoms with E-state index in [9.17, 15) is 5.11 Å². The van der Waals surface area contributed by atoms with Gasteiger partial charge < -0.3 is 9.84 Å². The van der Waals surface area contributed by atoms with Gasteiger partial charge in [0.2, 0.25) is 5.88 Å². The highest BCUT2D eigenvalue weighted by atomic mass is 16.5. The Balaban J connectivity index is 1.64. The van der Waals surface area contributed by atoms with E-state index in [1.54, 1.807) is 23.9 Å². The number of rotatable bonds is 6. The monoisotopic (exact) mass is 422 g/mol. The van der Waals surface area contributed by atoms with Crippen LogP contribution >= 0.6 is 0 Å². The van der Waals surface area contributed by atoms with Crippen LogP contribution in [0.15, 0.2) is 85.3 Å². The number of hydrogen-bond acceptors (Lipinski definition) is 5. The standard InChI is InChI=1S/C26H22N4O2/c1-32-21-9-7-20(8-10-21)24-17-30-25(22(28-24)15-18-5-3-2-4-6-18)29-23(26(30)31)16-19-11-13-27-14-12-19/h2-14,17,31H,15-16H2,1H3. The number of methoxy groups -OCH3 is 1. The second kappa shape index (κ2) is 8.51. The van der Waals surface area contributed by atoms with Crippen molar-refractivity contribution in [2.24, 2.45) is 0 Å². The largest absolute Gasteiger partial charge is 0.497 e. The zero-order valence-corrected chi connectivity index (χ0v) is 17.6. The summed E-state index contributed by atoms with van der Waals surface area (Å²) >= 11 is 0. The maximum atomic E-state index is 11.0. The van der Waals surface area contributed by atoms with Crippen LogP contribution in [-0.4, -0.2) is 31.6 Å². The summed E-state index contributed by atoms with van der Waals surface area (Å²) in [5.74, 6) is 0.910. The number of hydrogen-bond donors (Lipinski definition) is 1. The van der Waals surface area contributed by atoms with Gasteiger partial charge in [0.05, 0.1) is 18.5 Å². The number of benzene rings is 2. The number of nitrogens with zero attached hydrogens (tertiary/aromatic N) is 4. The predicted molar refractivity (Wildman–Crippen MR) is 123 cm³/mol. The van der Waals surface area contributed by atoms with Crippen molar-refractivity contribution in [2.75, 3.05) is 7.11 Å². The molecule has 3 aromatic heterocycles. The van der Waals surface area contributed by atoms with Crippen molar-refractivity contribution in [1.29, 1.82) is 0 Å². The molecule has 0 radical (unpaired) electrons. The summed E-state index contributed by atoms with van der Waals surface area (Å²) in [6.45, 7) is 0. The van der Waals surface area contributed by atoms with Gasteiger partial charge in [-0.25, -0.2) is 9.97 Å². The van der Waals surface area contributed by atoms with E-state index in [1.807, 2.05) is 60.8 Å². The van der Waals surface area contributed by atoms with Crippen LogP contribution in [0, 0.1) is 0 Å². The van der Waals surface area contributed by atoms with Gasteiger partial charge in [-0.05, 0) is 47.5 Å². The average molecular weight is 422 g/mol. The van der Waals surface area contributed by atoms with Gasteiger partial charge in [-0.15, -0.1) is 0 Å². The molecule has 1 N–H and O–H groups in total. The molecule has 0 saturated carbocycles. The minimum absolute atomic E-state index is 0.128. The molecule has 0 aliphatic rings. The second-order valence-electron chi connectivity index (χ2n) is 7.57.